The molecule has 4 rings (SSSR count). The van der Waals surface area contributed by atoms with Gasteiger partial charge in [-0.25, -0.2) is 0 Å². The van der Waals surface area contributed by atoms with E-state index in [4.69, 9.17) is 9.47 Å². The zero-order chi connectivity index (χ0) is 24.3. The van der Waals surface area contributed by atoms with Gasteiger partial charge in [0.2, 0.25) is 5.91 Å². The molecule has 6 heteroatoms. The van der Waals surface area contributed by atoms with E-state index in [2.05, 4.69) is 46.6 Å². The molecule has 2 atom stereocenters. The molecule has 0 bridgehead atoms. The highest BCUT2D eigenvalue weighted by Gasteiger charge is 2.53. The van der Waals surface area contributed by atoms with Gasteiger partial charge in [0, 0.05) is 25.0 Å². The zero-order valence-electron chi connectivity index (χ0n) is 20.6. The fourth-order valence-corrected chi connectivity index (χ4v) is 5.52. The van der Waals surface area contributed by atoms with E-state index in [1.54, 1.807) is 20.3 Å². The van der Waals surface area contributed by atoms with Crippen LogP contribution in [0, 0.1) is 5.92 Å². The number of ether oxygens (including phenoxy) is 2. The number of nitrogens with one attached hydrogen (secondary N) is 1. The minimum Gasteiger partial charge on any atom is -0.504 e. The first-order chi connectivity index (χ1) is 16.4. The first-order valence-electron chi connectivity index (χ1n) is 12.1. The summed E-state index contributed by atoms with van der Waals surface area (Å²) in [5.41, 5.74) is 3.42. The van der Waals surface area contributed by atoms with Gasteiger partial charge in [0.05, 0.1) is 19.3 Å². The number of hydrogen-bond donors (Lipinski definition) is 2. The summed E-state index contributed by atoms with van der Waals surface area (Å²) in [5.74, 6) is 0.621. The van der Waals surface area contributed by atoms with Crippen LogP contribution in [0.3, 0.4) is 0 Å². The summed E-state index contributed by atoms with van der Waals surface area (Å²) in [4.78, 5) is 15.0. The first kappa shape index (κ1) is 24.3. The van der Waals surface area contributed by atoms with Gasteiger partial charge in [0.15, 0.2) is 11.5 Å². The Morgan fingerprint density at radius 2 is 1.94 bits per heavy atom. The minimum atomic E-state index is -0.118. The number of amides is 1. The zero-order valence-corrected chi connectivity index (χ0v) is 20.6. The summed E-state index contributed by atoms with van der Waals surface area (Å²) in [5, 5.41) is 13.0. The summed E-state index contributed by atoms with van der Waals surface area (Å²) in [6, 6.07) is 13.8. The number of nitrogens with zero attached hydrogens (tertiary/aromatic N) is 1. The van der Waals surface area contributed by atoms with Gasteiger partial charge >= 0.3 is 0 Å². The van der Waals surface area contributed by atoms with Gasteiger partial charge < -0.3 is 19.9 Å². The lowest BCUT2D eigenvalue weighted by atomic mass is 9.72. The molecule has 34 heavy (non-hydrogen) atoms. The molecule has 1 saturated heterocycles. The second-order valence-corrected chi connectivity index (χ2v) is 9.67. The molecule has 2 aliphatic rings. The Morgan fingerprint density at radius 1 is 1.21 bits per heavy atom. The number of hydrogen-bond acceptors (Lipinski definition) is 5. The summed E-state index contributed by atoms with van der Waals surface area (Å²) < 4.78 is 11.3. The van der Waals surface area contributed by atoms with Crippen LogP contribution in [0.15, 0.2) is 48.5 Å². The third kappa shape index (κ3) is 4.57. The largest absolute Gasteiger partial charge is 0.504 e. The van der Waals surface area contributed by atoms with Crippen LogP contribution in [-0.2, 0) is 14.9 Å². The molecule has 2 aromatic carbocycles. The van der Waals surface area contributed by atoms with Crippen molar-refractivity contribution in [3.05, 3.63) is 65.2 Å². The van der Waals surface area contributed by atoms with Crippen LogP contribution in [0.5, 0.6) is 11.5 Å². The van der Waals surface area contributed by atoms with Crippen LogP contribution >= 0.6 is 0 Å². The second kappa shape index (κ2) is 10.2. The van der Waals surface area contributed by atoms with E-state index in [1.165, 1.54) is 11.1 Å². The average Bonchev–Trinajstić information content (AvgIpc) is 3.09. The van der Waals surface area contributed by atoms with Crippen LogP contribution in [0.1, 0.15) is 49.4 Å². The number of phenols is 1. The number of likely N-dealkylation sites (tertiary alicyclic amines) is 1. The number of benzene rings is 2. The number of carbonyl (C=O) groups is 1. The van der Waals surface area contributed by atoms with Crippen molar-refractivity contribution in [2.75, 3.05) is 33.9 Å². The molecule has 2 N–H and O–H groups in total. The number of rotatable bonds is 7. The molecule has 182 valence electrons. The quantitative estimate of drug-likeness (QED) is 0.640. The van der Waals surface area contributed by atoms with Crippen molar-refractivity contribution in [3.8, 4) is 11.5 Å². The van der Waals surface area contributed by atoms with E-state index in [0.29, 0.717) is 5.75 Å². The van der Waals surface area contributed by atoms with Gasteiger partial charge in [-0.3, -0.25) is 9.69 Å². The van der Waals surface area contributed by atoms with Crippen molar-refractivity contribution in [1.29, 1.82) is 0 Å². The smallest absolute Gasteiger partial charge is 0.223 e. The van der Waals surface area contributed by atoms with E-state index in [0.717, 1.165) is 38.0 Å². The van der Waals surface area contributed by atoms with Crippen molar-refractivity contribution in [1.82, 2.24) is 10.2 Å². The standard InChI is InChI=1S/C28H36N2O4/c1-19(2)27(32)29-25-21-9-5-6-10-22(21)28(26(25)34-4)13-16-30(17-14-28)15-7-8-20-11-12-23(31)24(18-20)33-3/h5-12,18-19,25-26,31H,13-17H2,1-4H3,(H,29,32)/b8-7+/t25-,26+/m1/s1. The molecule has 0 saturated carbocycles. The van der Waals surface area contributed by atoms with Crippen LogP contribution in [0.2, 0.25) is 0 Å². The molecule has 0 aromatic heterocycles. The number of methoxy groups -OCH3 is 2. The van der Waals surface area contributed by atoms with Crippen molar-refractivity contribution in [2.45, 2.75) is 44.2 Å². The summed E-state index contributed by atoms with van der Waals surface area (Å²) in [6.45, 7) is 6.62. The Bertz CT molecular complexity index is 1040. The van der Waals surface area contributed by atoms with Crippen molar-refractivity contribution >= 4 is 12.0 Å². The van der Waals surface area contributed by atoms with Crippen LogP contribution in [-0.4, -0.2) is 55.9 Å². The predicted octanol–water partition coefficient (Wildman–Crippen LogP) is 4.29. The first-order valence-corrected chi connectivity index (χ1v) is 12.1. The lowest BCUT2D eigenvalue weighted by Gasteiger charge is -2.44. The van der Waals surface area contributed by atoms with E-state index >= 15 is 0 Å². The summed E-state index contributed by atoms with van der Waals surface area (Å²) in [7, 11) is 3.33. The highest BCUT2D eigenvalue weighted by atomic mass is 16.5. The van der Waals surface area contributed by atoms with Gasteiger partial charge in [-0.05, 0) is 54.8 Å². The summed E-state index contributed by atoms with van der Waals surface area (Å²) in [6.07, 6.45) is 6.11. The highest BCUT2D eigenvalue weighted by Crippen LogP contribution is 2.52. The Morgan fingerprint density at radius 3 is 2.62 bits per heavy atom. The topological polar surface area (TPSA) is 71.0 Å². The molecule has 1 amide bonds. The number of carbonyl (C=O) groups excluding carboxylic acids is 1. The fourth-order valence-electron chi connectivity index (χ4n) is 5.52. The molecule has 1 aliphatic heterocycles. The highest BCUT2D eigenvalue weighted by molar-refractivity contribution is 5.78. The number of fused-ring (bicyclic) bond motifs is 2. The van der Waals surface area contributed by atoms with Crippen LogP contribution in [0.25, 0.3) is 6.08 Å². The van der Waals surface area contributed by atoms with Crippen LogP contribution in [0.4, 0.5) is 0 Å². The third-order valence-corrected chi connectivity index (χ3v) is 7.38. The Hall–Kier alpha value is -2.83. The van der Waals surface area contributed by atoms with E-state index < -0.39 is 0 Å². The molecule has 1 spiro atoms. The van der Waals surface area contributed by atoms with E-state index in [1.807, 2.05) is 26.0 Å². The molecule has 6 nitrogen and oxygen atoms in total. The third-order valence-electron chi connectivity index (χ3n) is 7.38. The molecule has 1 fully saturated rings. The van der Waals surface area contributed by atoms with Gasteiger partial charge in [-0.15, -0.1) is 0 Å². The van der Waals surface area contributed by atoms with Gasteiger partial charge in [-0.2, -0.15) is 0 Å². The van der Waals surface area contributed by atoms with Crippen molar-refractivity contribution < 1.29 is 19.4 Å². The maximum absolute atomic E-state index is 12.6. The van der Waals surface area contributed by atoms with E-state index in [-0.39, 0.29) is 35.1 Å². The summed E-state index contributed by atoms with van der Waals surface area (Å²) >= 11 is 0. The normalized spacial score (nSPS) is 21.8. The van der Waals surface area contributed by atoms with Crippen molar-refractivity contribution in [3.63, 3.8) is 0 Å². The van der Waals surface area contributed by atoms with Gasteiger partial charge in [-0.1, -0.05) is 56.3 Å². The Labute approximate surface area is 202 Å². The maximum Gasteiger partial charge on any atom is 0.223 e. The monoisotopic (exact) mass is 464 g/mol. The number of aromatic hydroxyl groups is 1. The average molecular weight is 465 g/mol. The lowest BCUT2D eigenvalue weighted by Crippen LogP contribution is -2.50. The second-order valence-electron chi connectivity index (χ2n) is 9.67. The molecule has 0 unspecified atom stereocenters. The Kier molecular flexibility index (Phi) is 7.29. The fraction of sp³-hybridized carbons (Fsp3) is 0.464. The predicted molar refractivity (Wildman–Crippen MR) is 134 cm³/mol. The number of piperidine rings is 1. The van der Waals surface area contributed by atoms with Gasteiger partial charge in [0.25, 0.3) is 0 Å². The van der Waals surface area contributed by atoms with Gasteiger partial charge in [0.1, 0.15) is 0 Å². The molecular weight excluding hydrogens is 428 g/mol. The minimum absolute atomic E-state index is 0.0623. The molecule has 2 aromatic rings. The maximum atomic E-state index is 12.6. The molecular formula is C28H36N2O4. The van der Waals surface area contributed by atoms with E-state index in [9.17, 15) is 9.90 Å². The van der Waals surface area contributed by atoms with Crippen molar-refractivity contribution in [2.24, 2.45) is 5.92 Å². The SMILES string of the molecule is COc1cc(/C=C/CN2CCC3(CC2)c2ccccc2[C@@H](NC(=O)C(C)C)[C@@H]3OC)ccc1O. The number of phenolic OH excluding ortho intramolecular Hbond substituents is 1. The Balaban J connectivity index is 1.46. The molecule has 0 radical (unpaired) electrons. The molecule has 1 heterocycles. The van der Waals surface area contributed by atoms with Crippen LogP contribution < -0.4 is 10.1 Å². The molecule has 1 aliphatic carbocycles. The lowest BCUT2D eigenvalue weighted by molar-refractivity contribution is -0.126.